The second-order valence-electron chi connectivity index (χ2n) is 5.93. The number of nitrogens with zero attached hydrogens (tertiary/aromatic N) is 2. The Morgan fingerprint density at radius 3 is 3.00 bits per heavy atom. The van der Waals surface area contributed by atoms with Crippen molar-refractivity contribution in [3.63, 3.8) is 0 Å². The summed E-state index contributed by atoms with van der Waals surface area (Å²) in [5.74, 6) is 3.36. The predicted octanol–water partition coefficient (Wildman–Crippen LogP) is 2.60. The average molecular weight is 285 g/mol. The first-order chi connectivity index (χ1) is 10.3. The van der Waals surface area contributed by atoms with Crippen LogP contribution in [0.1, 0.15) is 48.9 Å². The number of rotatable bonds is 5. The van der Waals surface area contributed by atoms with E-state index in [0.717, 1.165) is 18.2 Å². The summed E-state index contributed by atoms with van der Waals surface area (Å²) in [6, 6.07) is 8.54. The number of hydrogen-bond donors (Lipinski definition) is 1. The minimum Gasteiger partial charge on any atom is -0.493 e. The van der Waals surface area contributed by atoms with Gasteiger partial charge in [-0.1, -0.05) is 18.2 Å². The van der Waals surface area contributed by atoms with E-state index in [9.17, 15) is 0 Å². The number of hydrogen-bond acceptors (Lipinski definition) is 5. The van der Waals surface area contributed by atoms with Crippen molar-refractivity contribution in [1.29, 1.82) is 0 Å². The van der Waals surface area contributed by atoms with Crippen LogP contribution in [0.15, 0.2) is 28.7 Å². The lowest BCUT2D eigenvalue weighted by atomic mass is 9.94. The third kappa shape index (κ3) is 2.53. The van der Waals surface area contributed by atoms with E-state index in [1.54, 1.807) is 0 Å². The molecule has 0 spiro atoms. The highest BCUT2D eigenvalue weighted by Crippen LogP contribution is 2.39. The topological polar surface area (TPSA) is 60.2 Å². The quantitative estimate of drug-likeness (QED) is 0.915. The third-order valence-electron chi connectivity index (χ3n) is 4.32. The summed E-state index contributed by atoms with van der Waals surface area (Å²) in [7, 11) is 0. The third-order valence-corrected chi connectivity index (χ3v) is 4.32. The number of para-hydroxylation sites is 1. The standard InChI is InChI=1S/C16H19N3O2/c1-10(13-9-20-14-5-3-2-4-12(13)14)17-8-15-18-19-16(21-15)11-6-7-11/h2-5,10-11,13,17H,6-9H2,1H3/t10-,13-/m0/s1. The van der Waals surface area contributed by atoms with Crippen LogP contribution in [-0.2, 0) is 6.54 Å². The molecular formula is C16H19N3O2. The van der Waals surface area contributed by atoms with E-state index in [0.29, 0.717) is 30.3 Å². The van der Waals surface area contributed by atoms with Crippen LogP contribution in [0.5, 0.6) is 5.75 Å². The van der Waals surface area contributed by atoms with Gasteiger partial charge in [-0.2, -0.15) is 0 Å². The molecule has 1 aliphatic carbocycles. The van der Waals surface area contributed by atoms with E-state index in [1.165, 1.54) is 18.4 Å². The number of ether oxygens (including phenoxy) is 1. The van der Waals surface area contributed by atoms with Crippen molar-refractivity contribution in [1.82, 2.24) is 15.5 Å². The molecule has 21 heavy (non-hydrogen) atoms. The van der Waals surface area contributed by atoms with Crippen molar-refractivity contribution in [3.8, 4) is 5.75 Å². The minimum absolute atomic E-state index is 0.296. The van der Waals surface area contributed by atoms with Crippen LogP contribution in [0.3, 0.4) is 0 Å². The van der Waals surface area contributed by atoms with E-state index in [1.807, 2.05) is 12.1 Å². The fourth-order valence-corrected chi connectivity index (χ4v) is 2.83. The van der Waals surface area contributed by atoms with Gasteiger partial charge in [-0.05, 0) is 25.8 Å². The van der Waals surface area contributed by atoms with Gasteiger partial charge in [0.25, 0.3) is 0 Å². The molecule has 2 atom stereocenters. The molecule has 110 valence electrons. The zero-order valence-electron chi connectivity index (χ0n) is 12.1. The van der Waals surface area contributed by atoms with Gasteiger partial charge in [-0.15, -0.1) is 10.2 Å². The first-order valence-corrected chi connectivity index (χ1v) is 7.58. The van der Waals surface area contributed by atoms with Crippen LogP contribution in [0.25, 0.3) is 0 Å². The summed E-state index contributed by atoms with van der Waals surface area (Å²) in [6.07, 6.45) is 2.36. The minimum atomic E-state index is 0.296. The Bertz CT molecular complexity index is 636. The van der Waals surface area contributed by atoms with E-state index in [-0.39, 0.29) is 0 Å². The molecule has 1 N–H and O–H groups in total. The molecule has 2 heterocycles. The van der Waals surface area contributed by atoms with Gasteiger partial charge in [0.1, 0.15) is 5.75 Å². The smallest absolute Gasteiger partial charge is 0.230 e. The van der Waals surface area contributed by atoms with Gasteiger partial charge in [0.05, 0.1) is 13.2 Å². The summed E-state index contributed by atoms with van der Waals surface area (Å²) in [5.41, 5.74) is 1.28. The summed E-state index contributed by atoms with van der Waals surface area (Å²) in [4.78, 5) is 0. The van der Waals surface area contributed by atoms with Crippen molar-refractivity contribution < 1.29 is 9.15 Å². The van der Waals surface area contributed by atoms with Crippen molar-refractivity contribution in [2.45, 2.75) is 44.2 Å². The van der Waals surface area contributed by atoms with Gasteiger partial charge < -0.3 is 14.5 Å². The van der Waals surface area contributed by atoms with Crippen molar-refractivity contribution >= 4 is 0 Å². The van der Waals surface area contributed by atoms with E-state index in [2.05, 4.69) is 34.6 Å². The van der Waals surface area contributed by atoms with E-state index in [4.69, 9.17) is 9.15 Å². The first-order valence-electron chi connectivity index (χ1n) is 7.58. The number of fused-ring (bicyclic) bond motifs is 1. The summed E-state index contributed by atoms with van der Waals surface area (Å²) < 4.78 is 11.4. The highest BCUT2D eigenvalue weighted by molar-refractivity contribution is 5.40. The molecule has 0 saturated heterocycles. The molecule has 1 saturated carbocycles. The predicted molar refractivity (Wildman–Crippen MR) is 77.3 cm³/mol. The monoisotopic (exact) mass is 285 g/mol. The lowest BCUT2D eigenvalue weighted by molar-refractivity contribution is 0.299. The molecule has 5 heteroatoms. The molecule has 0 unspecified atom stereocenters. The van der Waals surface area contributed by atoms with Crippen molar-refractivity contribution in [2.24, 2.45) is 0 Å². The van der Waals surface area contributed by atoms with Crippen LogP contribution >= 0.6 is 0 Å². The highest BCUT2D eigenvalue weighted by atomic mass is 16.5. The van der Waals surface area contributed by atoms with Gasteiger partial charge >= 0.3 is 0 Å². The molecule has 2 aliphatic rings. The molecule has 0 radical (unpaired) electrons. The van der Waals surface area contributed by atoms with E-state index >= 15 is 0 Å². The second-order valence-corrected chi connectivity index (χ2v) is 5.93. The fourth-order valence-electron chi connectivity index (χ4n) is 2.83. The Morgan fingerprint density at radius 2 is 2.14 bits per heavy atom. The van der Waals surface area contributed by atoms with Crippen molar-refractivity contribution in [2.75, 3.05) is 6.61 Å². The maximum absolute atomic E-state index is 5.74. The van der Waals surface area contributed by atoms with Crippen molar-refractivity contribution in [3.05, 3.63) is 41.6 Å². The maximum Gasteiger partial charge on any atom is 0.230 e. The Morgan fingerprint density at radius 1 is 1.29 bits per heavy atom. The Kier molecular flexibility index (Phi) is 3.15. The Hall–Kier alpha value is -1.88. The lowest BCUT2D eigenvalue weighted by Gasteiger charge is -2.18. The highest BCUT2D eigenvalue weighted by Gasteiger charge is 2.30. The summed E-state index contributed by atoms with van der Waals surface area (Å²) in [5, 5.41) is 11.7. The largest absolute Gasteiger partial charge is 0.493 e. The zero-order valence-corrected chi connectivity index (χ0v) is 12.1. The number of aromatic nitrogens is 2. The van der Waals surface area contributed by atoms with Gasteiger partial charge in [0.15, 0.2) is 0 Å². The van der Waals surface area contributed by atoms with Gasteiger partial charge in [-0.3, -0.25) is 0 Å². The second kappa shape index (κ2) is 5.15. The molecule has 1 fully saturated rings. The number of benzene rings is 1. The summed E-state index contributed by atoms with van der Waals surface area (Å²) in [6.45, 7) is 3.51. The van der Waals surface area contributed by atoms with Gasteiger partial charge in [0, 0.05) is 23.4 Å². The fraction of sp³-hybridized carbons (Fsp3) is 0.500. The molecule has 0 bridgehead atoms. The van der Waals surface area contributed by atoms with Crippen LogP contribution in [0, 0.1) is 0 Å². The van der Waals surface area contributed by atoms with Crippen LogP contribution in [0.2, 0.25) is 0 Å². The number of nitrogens with one attached hydrogen (secondary N) is 1. The molecular weight excluding hydrogens is 266 g/mol. The van der Waals surface area contributed by atoms with Gasteiger partial charge in [0.2, 0.25) is 11.8 Å². The van der Waals surface area contributed by atoms with Gasteiger partial charge in [-0.25, -0.2) is 0 Å². The first kappa shape index (κ1) is 12.8. The molecule has 1 aromatic heterocycles. The zero-order chi connectivity index (χ0) is 14.2. The maximum atomic E-state index is 5.74. The molecule has 2 aromatic rings. The van der Waals surface area contributed by atoms with Crippen LogP contribution in [-0.4, -0.2) is 22.8 Å². The molecule has 1 aromatic carbocycles. The molecule has 1 aliphatic heterocycles. The molecule has 4 rings (SSSR count). The Balaban J connectivity index is 1.38. The van der Waals surface area contributed by atoms with Crippen LogP contribution < -0.4 is 10.1 Å². The van der Waals surface area contributed by atoms with E-state index < -0.39 is 0 Å². The molecule has 0 amide bonds. The Labute approximate surface area is 123 Å². The lowest BCUT2D eigenvalue weighted by Crippen LogP contribution is -2.32. The van der Waals surface area contributed by atoms with Crippen LogP contribution in [0.4, 0.5) is 0 Å². The average Bonchev–Trinajstić information content (AvgIpc) is 3.10. The normalized spacial score (nSPS) is 21.9. The summed E-state index contributed by atoms with van der Waals surface area (Å²) >= 11 is 0. The SMILES string of the molecule is C[C@H](NCc1nnc(C2CC2)o1)[C@@H]1COc2ccccc21. The molecule has 5 nitrogen and oxygen atoms in total.